The summed E-state index contributed by atoms with van der Waals surface area (Å²) in [5, 5.41) is 10.2. The Hall–Kier alpha value is -2.50. The monoisotopic (exact) mass is 300 g/mol. The number of urea groups is 1. The average Bonchev–Trinajstić information content (AvgIpc) is 2.90. The zero-order valence-electron chi connectivity index (χ0n) is 12.8. The maximum Gasteiger partial charge on any atom is 0.319 e. The molecule has 22 heavy (non-hydrogen) atoms. The number of carbonyl (C=O) groups is 1. The molecule has 6 nitrogen and oxygen atoms in total. The fraction of sp³-hybridized carbons (Fsp3) is 0.375. The summed E-state index contributed by atoms with van der Waals surface area (Å²) in [6.45, 7) is 0. The minimum Gasteiger partial charge on any atom is -0.495 e. The molecule has 6 heteroatoms. The number of para-hydroxylation sites is 2. The fourth-order valence-electron chi connectivity index (χ4n) is 2.92. The summed E-state index contributed by atoms with van der Waals surface area (Å²) in [5.41, 5.74) is 2.97. The van der Waals surface area contributed by atoms with Gasteiger partial charge in [-0.1, -0.05) is 12.1 Å². The number of fused-ring (bicyclic) bond motifs is 1. The van der Waals surface area contributed by atoms with Gasteiger partial charge in [0, 0.05) is 18.3 Å². The molecule has 0 saturated carbocycles. The van der Waals surface area contributed by atoms with Gasteiger partial charge in [-0.25, -0.2) is 4.79 Å². The molecule has 1 atom stereocenters. The van der Waals surface area contributed by atoms with Gasteiger partial charge in [-0.15, -0.1) is 0 Å². The second kappa shape index (κ2) is 6.09. The molecule has 2 N–H and O–H groups in total. The summed E-state index contributed by atoms with van der Waals surface area (Å²) in [6, 6.07) is 7.13. The summed E-state index contributed by atoms with van der Waals surface area (Å²) in [7, 11) is 3.53. The fourth-order valence-corrected chi connectivity index (χ4v) is 2.92. The maximum atomic E-state index is 12.3. The van der Waals surface area contributed by atoms with Gasteiger partial charge >= 0.3 is 6.03 Å². The van der Waals surface area contributed by atoms with E-state index in [1.165, 1.54) is 5.69 Å². The Balaban J connectivity index is 1.70. The van der Waals surface area contributed by atoms with Gasteiger partial charge in [-0.2, -0.15) is 5.10 Å². The SMILES string of the molecule is COc1ccccc1NC(=O)NC1CCCc2c1cnn2C. The maximum absolute atomic E-state index is 12.3. The molecule has 0 spiro atoms. The van der Waals surface area contributed by atoms with E-state index in [0.29, 0.717) is 11.4 Å². The van der Waals surface area contributed by atoms with E-state index in [0.717, 1.165) is 24.8 Å². The molecular formula is C16H20N4O2. The average molecular weight is 300 g/mol. The number of amides is 2. The van der Waals surface area contributed by atoms with Gasteiger partial charge in [-0.3, -0.25) is 4.68 Å². The lowest BCUT2D eigenvalue weighted by molar-refractivity contribution is 0.247. The van der Waals surface area contributed by atoms with Crippen molar-refractivity contribution in [1.82, 2.24) is 15.1 Å². The first-order chi connectivity index (χ1) is 10.7. The number of methoxy groups -OCH3 is 1. The number of aryl methyl sites for hydroxylation is 1. The number of aromatic nitrogens is 2. The summed E-state index contributed by atoms with van der Waals surface area (Å²) in [4.78, 5) is 12.3. The smallest absolute Gasteiger partial charge is 0.319 e. The van der Waals surface area contributed by atoms with Crippen LogP contribution >= 0.6 is 0 Å². The quantitative estimate of drug-likeness (QED) is 0.915. The third kappa shape index (κ3) is 2.77. The van der Waals surface area contributed by atoms with E-state index < -0.39 is 0 Å². The van der Waals surface area contributed by atoms with Crippen LogP contribution in [0.1, 0.15) is 30.1 Å². The second-order valence-corrected chi connectivity index (χ2v) is 5.41. The summed E-state index contributed by atoms with van der Waals surface area (Å²) < 4.78 is 7.13. The molecule has 1 unspecified atom stereocenters. The highest BCUT2D eigenvalue weighted by Gasteiger charge is 2.24. The van der Waals surface area contributed by atoms with Crippen molar-refractivity contribution in [3.63, 3.8) is 0 Å². The van der Waals surface area contributed by atoms with Crippen molar-refractivity contribution in [3.8, 4) is 5.75 Å². The number of carbonyl (C=O) groups excluding carboxylic acids is 1. The molecule has 3 rings (SSSR count). The van der Waals surface area contributed by atoms with Crippen LogP contribution in [-0.4, -0.2) is 22.9 Å². The van der Waals surface area contributed by atoms with Crippen molar-refractivity contribution in [3.05, 3.63) is 41.7 Å². The molecule has 2 aromatic rings. The van der Waals surface area contributed by atoms with E-state index in [9.17, 15) is 4.79 Å². The van der Waals surface area contributed by atoms with Crippen LogP contribution in [0.2, 0.25) is 0 Å². The van der Waals surface area contributed by atoms with Crippen molar-refractivity contribution in [2.75, 3.05) is 12.4 Å². The normalized spacial score (nSPS) is 16.7. The largest absolute Gasteiger partial charge is 0.495 e. The lowest BCUT2D eigenvalue weighted by Gasteiger charge is -2.24. The van der Waals surface area contributed by atoms with E-state index in [1.54, 1.807) is 7.11 Å². The molecule has 1 aromatic carbocycles. The molecule has 1 aromatic heterocycles. The zero-order chi connectivity index (χ0) is 15.5. The molecule has 1 aliphatic carbocycles. The highest BCUT2D eigenvalue weighted by molar-refractivity contribution is 5.91. The summed E-state index contributed by atoms with van der Waals surface area (Å²) in [6.07, 6.45) is 4.84. The molecule has 1 heterocycles. The molecule has 116 valence electrons. The van der Waals surface area contributed by atoms with E-state index in [2.05, 4.69) is 15.7 Å². The van der Waals surface area contributed by atoms with Gasteiger partial charge in [-0.05, 0) is 31.4 Å². The molecule has 0 fully saturated rings. The number of ether oxygens (including phenoxy) is 1. The lowest BCUT2D eigenvalue weighted by Crippen LogP contribution is -2.34. The topological polar surface area (TPSA) is 68.2 Å². The van der Waals surface area contributed by atoms with Crippen molar-refractivity contribution in [2.24, 2.45) is 7.05 Å². The molecule has 0 radical (unpaired) electrons. The Morgan fingerprint density at radius 3 is 3.05 bits per heavy atom. The minimum atomic E-state index is -0.230. The second-order valence-electron chi connectivity index (χ2n) is 5.41. The van der Waals surface area contributed by atoms with E-state index in [-0.39, 0.29) is 12.1 Å². The number of nitrogens with zero attached hydrogens (tertiary/aromatic N) is 2. The van der Waals surface area contributed by atoms with Gasteiger partial charge < -0.3 is 15.4 Å². The Morgan fingerprint density at radius 2 is 2.23 bits per heavy atom. The van der Waals surface area contributed by atoms with Gasteiger partial charge in [0.15, 0.2) is 0 Å². The molecule has 0 bridgehead atoms. The van der Waals surface area contributed by atoms with Gasteiger partial charge in [0.05, 0.1) is 25.0 Å². The third-order valence-electron chi connectivity index (χ3n) is 4.04. The highest BCUT2D eigenvalue weighted by atomic mass is 16.5. The van der Waals surface area contributed by atoms with Crippen LogP contribution in [0.4, 0.5) is 10.5 Å². The van der Waals surface area contributed by atoms with Crippen LogP contribution in [0.5, 0.6) is 5.75 Å². The van der Waals surface area contributed by atoms with Crippen LogP contribution in [0.15, 0.2) is 30.5 Å². The van der Waals surface area contributed by atoms with E-state index in [1.807, 2.05) is 42.2 Å². The van der Waals surface area contributed by atoms with Gasteiger partial charge in [0.1, 0.15) is 5.75 Å². The van der Waals surface area contributed by atoms with Crippen LogP contribution in [0.3, 0.4) is 0 Å². The molecule has 0 saturated heterocycles. The third-order valence-corrected chi connectivity index (χ3v) is 4.04. The van der Waals surface area contributed by atoms with Crippen molar-refractivity contribution in [2.45, 2.75) is 25.3 Å². The highest BCUT2D eigenvalue weighted by Crippen LogP contribution is 2.29. The van der Waals surface area contributed by atoms with Crippen LogP contribution in [0, 0.1) is 0 Å². The van der Waals surface area contributed by atoms with Gasteiger partial charge in [0.25, 0.3) is 0 Å². The first-order valence-electron chi connectivity index (χ1n) is 7.40. The number of hydrogen-bond acceptors (Lipinski definition) is 3. The molecule has 0 aliphatic heterocycles. The number of benzene rings is 1. The van der Waals surface area contributed by atoms with Crippen molar-refractivity contribution < 1.29 is 9.53 Å². The predicted octanol–water partition coefficient (Wildman–Crippen LogP) is 2.63. The predicted molar refractivity (Wildman–Crippen MR) is 84.0 cm³/mol. The summed E-state index contributed by atoms with van der Waals surface area (Å²) in [5.74, 6) is 0.642. The van der Waals surface area contributed by atoms with Crippen LogP contribution < -0.4 is 15.4 Å². The number of hydrogen-bond donors (Lipinski definition) is 2. The van der Waals surface area contributed by atoms with E-state index >= 15 is 0 Å². The Bertz CT molecular complexity index is 681. The standard InChI is InChI=1S/C16H20N4O2/c1-20-14-8-5-7-12(11(14)10-17-20)18-16(21)19-13-6-3-4-9-15(13)22-2/h3-4,6,9-10,12H,5,7-8H2,1-2H3,(H2,18,19,21). The number of rotatable bonds is 3. The van der Waals surface area contributed by atoms with Gasteiger partial charge in [0.2, 0.25) is 0 Å². The first kappa shape index (κ1) is 14.4. The molecular weight excluding hydrogens is 280 g/mol. The number of nitrogens with one attached hydrogen (secondary N) is 2. The van der Waals surface area contributed by atoms with Crippen LogP contribution in [0.25, 0.3) is 0 Å². The lowest BCUT2D eigenvalue weighted by atomic mass is 9.93. The van der Waals surface area contributed by atoms with Crippen molar-refractivity contribution >= 4 is 11.7 Å². The summed E-state index contributed by atoms with van der Waals surface area (Å²) >= 11 is 0. The Kier molecular flexibility index (Phi) is 4.00. The van der Waals surface area contributed by atoms with Crippen LogP contribution in [-0.2, 0) is 13.5 Å². The first-order valence-corrected chi connectivity index (χ1v) is 7.40. The molecule has 2 amide bonds. The van der Waals surface area contributed by atoms with Crippen molar-refractivity contribution in [1.29, 1.82) is 0 Å². The minimum absolute atomic E-state index is 0.00663. The van der Waals surface area contributed by atoms with E-state index in [4.69, 9.17) is 4.74 Å². The zero-order valence-corrected chi connectivity index (χ0v) is 12.8. The Morgan fingerprint density at radius 1 is 1.41 bits per heavy atom. The molecule has 1 aliphatic rings. The Labute approximate surface area is 129 Å². The number of anilines is 1.